The maximum atomic E-state index is 10.9. The van der Waals surface area contributed by atoms with Crippen LogP contribution in [0, 0.1) is 0 Å². The van der Waals surface area contributed by atoms with Crippen LogP contribution < -0.4 is 29.6 Å². The fourth-order valence-electron chi connectivity index (χ4n) is 1.57. The van der Waals surface area contributed by atoms with Crippen LogP contribution in [0.1, 0.15) is 52.4 Å². The van der Waals surface area contributed by atoms with Gasteiger partial charge in [0.15, 0.2) is 0 Å². The summed E-state index contributed by atoms with van der Waals surface area (Å²) in [4.78, 5) is 0. The molecule has 2 unspecified atom stereocenters. The third-order valence-corrected chi connectivity index (χ3v) is 3.69. The molecular formula is C10H21NaO4S. The van der Waals surface area contributed by atoms with Crippen LogP contribution in [-0.2, 0) is 10.1 Å². The minimum absolute atomic E-state index is 0. The molecule has 0 aromatic heterocycles. The average Bonchev–Trinajstić information content (AvgIpc) is 2.10. The van der Waals surface area contributed by atoms with E-state index in [1.165, 1.54) is 0 Å². The summed E-state index contributed by atoms with van der Waals surface area (Å²) in [7, 11) is -4.26. The molecule has 0 heterocycles. The predicted molar refractivity (Wildman–Crippen MR) is 58.5 cm³/mol. The Morgan fingerprint density at radius 1 is 1.19 bits per heavy atom. The van der Waals surface area contributed by atoms with Crippen molar-refractivity contribution in [3.63, 3.8) is 0 Å². The SMILES string of the molecule is CCCCC(CC(O)CCC)S(=O)(=O)[O-].[Na+]. The minimum atomic E-state index is -4.26. The fourth-order valence-corrected chi connectivity index (χ4v) is 2.48. The number of hydrogen-bond donors (Lipinski definition) is 1. The van der Waals surface area contributed by atoms with Crippen LogP contribution in [0.25, 0.3) is 0 Å². The smallest absolute Gasteiger partial charge is 0.748 e. The van der Waals surface area contributed by atoms with E-state index in [0.717, 1.165) is 12.8 Å². The molecule has 0 aliphatic rings. The molecule has 0 radical (unpaired) electrons. The van der Waals surface area contributed by atoms with Crippen LogP contribution in [0.15, 0.2) is 0 Å². The molecule has 0 aliphatic carbocycles. The average molecular weight is 260 g/mol. The van der Waals surface area contributed by atoms with E-state index in [-0.39, 0.29) is 36.0 Å². The molecular weight excluding hydrogens is 239 g/mol. The second-order valence-corrected chi connectivity index (χ2v) is 5.59. The van der Waals surface area contributed by atoms with Gasteiger partial charge in [0.2, 0.25) is 0 Å². The Kier molecular flexibility index (Phi) is 11.8. The molecule has 0 bridgehead atoms. The van der Waals surface area contributed by atoms with Gasteiger partial charge in [0, 0.05) is 0 Å². The van der Waals surface area contributed by atoms with E-state index in [4.69, 9.17) is 0 Å². The van der Waals surface area contributed by atoms with Gasteiger partial charge in [-0.15, -0.1) is 0 Å². The van der Waals surface area contributed by atoms with Gasteiger partial charge in [-0.05, 0) is 19.3 Å². The molecule has 0 rings (SSSR count). The Morgan fingerprint density at radius 3 is 2.12 bits per heavy atom. The quantitative estimate of drug-likeness (QED) is 0.432. The molecule has 0 aromatic rings. The Morgan fingerprint density at radius 2 is 1.75 bits per heavy atom. The zero-order valence-electron chi connectivity index (χ0n) is 10.5. The summed E-state index contributed by atoms with van der Waals surface area (Å²) in [6.07, 6.45) is 2.70. The molecule has 92 valence electrons. The van der Waals surface area contributed by atoms with E-state index in [0.29, 0.717) is 19.3 Å². The van der Waals surface area contributed by atoms with Gasteiger partial charge in [-0.25, -0.2) is 8.42 Å². The van der Waals surface area contributed by atoms with E-state index in [1.54, 1.807) is 0 Å². The predicted octanol–water partition coefficient (Wildman–Crippen LogP) is -1.35. The summed E-state index contributed by atoms with van der Waals surface area (Å²) in [6, 6.07) is 0. The zero-order chi connectivity index (χ0) is 11.9. The van der Waals surface area contributed by atoms with Crippen molar-refractivity contribution < 1.29 is 47.6 Å². The minimum Gasteiger partial charge on any atom is -0.748 e. The first-order valence-electron chi connectivity index (χ1n) is 5.54. The van der Waals surface area contributed by atoms with Gasteiger partial charge in [0.25, 0.3) is 0 Å². The van der Waals surface area contributed by atoms with Crippen molar-refractivity contribution >= 4 is 10.1 Å². The van der Waals surface area contributed by atoms with Crippen molar-refractivity contribution in [3.05, 3.63) is 0 Å². The van der Waals surface area contributed by atoms with Crippen molar-refractivity contribution in [3.8, 4) is 0 Å². The number of hydrogen-bond acceptors (Lipinski definition) is 4. The van der Waals surface area contributed by atoms with Gasteiger partial charge in [0.1, 0.15) is 0 Å². The molecule has 0 aromatic carbocycles. The summed E-state index contributed by atoms with van der Waals surface area (Å²) in [5.41, 5.74) is 0. The maximum Gasteiger partial charge on any atom is 1.00 e. The van der Waals surface area contributed by atoms with Gasteiger partial charge in [-0.1, -0.05) is 33.1 Å². The number of unbranched alkanes of at least 4 members (excludes halogenated alkanes) is 1. The van der Waals surface area contributed by atoms with E-state index >= 15 is 0 Å². The standard InChI is InChI=1S/C10H22O4S.Na/c1-3-5-7-10(15(12,13)14)8-9(11)6-4-2;/h9-11H,3-8H2,1-2H3,(H,12,13,14);/q;+1/p-1. The van der Waals surface area contributed by atoms with Crippen LogP contribution in [0.2, 0.25) is 0 Å². The second-order valence-electron chi connectivity index (χ2n) is 3.94. The monoisotopic (exact) mass is 260 g/mol. The molecule has 16 heavy (non-hydrogen) atoms. The van der Waals surface area contributed by atoms with Crippen molar-refractivity contribution in [2.24, 2.45) is 0 Å². The van der Waals surface area contributed by atoms with Crippen molar-refractivity contribution in [1.29, 1.82) is 0 Å². The summed E-state index contributed by atoms with van der Waals surface area (Å²) < 4.78 is 32.7. The Hall–Kier alpha value is 0.870. The molecule has 0 amide bonds. The number of rotatable bonds is 8. The van der Waals surface area contributed by atoms with Gasteiger partial charge >= 0.3 is 29.6 Å². The van der Waals surface area contributed by atoms with E-state index in [9.17, 15) is 18.1 Å². The topological polar surface area (TPSA) is 77.4 Å². The van der Waals surface area contributed by atoms with Crippen molar-refractivity contribution in [2.45, 2.75) is 63.7 Å². The largest absolute Gasteiger partial charge is 1.00 e. The summed E-state index contributed by atoms with van der Waals surface area (Å²) in [5.74, 6) is 0. The molecule has 6 heteroatoms. The molecule has 0 saturated carbocycles. The van der Waals surface area contributed by atoms with Crippen LogP contribution in [0.4, 0.5) is 0 Å². The Labute approximate surface area is 121 Å². The first kappa shape index (κ1) is 19.2. The Balaban J connectivity index is 0. The zero-order valence-corrected chi connectivity index (χ0v) is 13.3. The van der Waals surface area contributed by atoms with Gasteiger partial charge in [-0.2, -0.15) is 0 Å². The molecule has 0 saturated heterocycles. The number of aliphatic hydroxyl groups is 1. The Bertz CT molecular complexity index is 254. The van der Waals surface area contributed by atoms with Crippen LogP contribution >= 0.6 is 0 Å². The molecule has 0 spiro atoms. The van der Waals surface area contributed by atoms with Gasteiger partial charge < -0.3 is 9.66 Å². The van der Waals surface area contributed by atoms with Gasteiger partial charge in [-0.3, -0.25) is 0 Å². The first-order valence-corrected chi connectivity index (χ1v) is 7.01. The van der Waals surface area contributed by atoms with Crippen LogP contribution in [0.3, 0.4) is 0 Å². The van der Waals surface area contributed by atoms with Gasteiger partial charge in [0.05, 0.1) is 21.5 Å². The van der Waals surface area contributed by atoms with E-state index in [1.807, 2.05) is 13.8 Å². The molecule has 0 aliphatic heterocycles. The van der Waals surface area contributed by atoms with E-state index < -0.39 is 21.5 Å². The third-order valence-electron chi connectivity index (χ3n) is 2.44. The summed E-state index contributed by atoms with van der Waals surface area (Å²) >= 11 is 0. The van der Waals surface area contributed by atoms with Crippen molar-refractivity contribution in [1.82, 2.24) is 0 Å². The maximum absolute atomic E-state index is 10.9. The fraction of sp³-hybridized carbons (Fsp3) is 1.00. The molecule has 2 atom stereocenters. The van der Waals surface area contributed by atoms with Crippen LogP contribution in [-0.4, -0.2) is 29.4 Å². The second kappa shape index (κ2) is 9.85. The number of aliphatic hydroxyl groups excluding tert-OH is 1. The molecule has 4 nitrogen and oxygen atoms in total. The van der Waals surface area contributed by atoms with E-state index in [2.05, 4.69) is 0 Å². The molecule has 1 N–H and O–H groups in total. The first-order chi connectivity index (χ1) is 6.91. The van der Waals surface area contributed by atoms with Crippen molar-refractivity contribution in [2.75, 3.05) is 0 Å². The summed E-state index contributed by atoms with van der Waals surface area (Å²) in [6.45, 7) is 3.85. The molecule has 0 fully saturated rings. The third kappa shape index (κ3) is 8.96. The summed E-state index contributed by atoms with van der Waals surface area (Å²) in [5, 5.41) is 8.56. The normalized spacial score (nSPS) is 15.2. The van der Waals surface area contributed by atoms with Crippen LogP contribution in [0.5, 0.6) is 0 Å².